The van der Waals surface area contributed by atoms with Crippen LogP contribution in [0.1, 0.15) is 13.8 Å². The zero-order valence-corrected chi connectivity index (χ0v) is 17.4. The van der Waals surface area contributed by atoms with Crippen LogP contribution in [0.15, 0.2) is 23.1 Å². The summed E-state index contributed by atoms with van der Waals surface area (Å²) < 4.78 is 59.9. The van der Waals surface area contributed by atoms with Crippen molar-refractivity contribution in [1.82, 2.24) is 4.31 Å². The molecule has 2 N–H and O–H groups in total. The topological polar surface area (TPSA) is 55.5 Å². The number of quaternary nitrogens is 2. The summed E-state index contributed by atoms with van der Waals surface area (Å²) in [4.78, 5) is 2.27. The Balaban J connectivity index is 1.55. The van der Waals surface area contributed by atoms with Gasteiger partial charge < -0.3 is 14.5 Å². The number of sulfonamides is 1. The van der Waals surface area contributed by atoms with Crippen molar-refractivity contribution in [3.63, 3.8) is 0 Å². The first-order valence-corrected chi connectivity index (χ1v) is 11.4. The number of ether oxygens (including phenoxy) is 1. The molecule has 1 unspecified atom stereocenters. The molecule has 0 radical (unpaired) electrons. The molecule has 2 heterocycles. The molecule has 2 atom stereocenters. The number of hydrogen-bond acceptors (Lipinski definition) is 3. The lowest BCUT2D eigenvalue weighted by molar-refractivity contribution is -0.935. The van der Waals surface area contributed by atoms with Crippen LogP contribution in [0.3, 0.4) is 0 Å². The van der Waals surface area contributed by atoms with Crippen molar-refractivity contribution in [1.29, 1.82) is 0 Å². The molecule has 2 aliphatic heterocycles. The summed E-state index contributed by atoms with van der Waals surface area (Å²) in [5, 5.41) is 0. The Bertz CT molecular complexity index is 768. The summed E-state index contributed by atoms with van der Waals surface area (Å²) in [5.74, 6) is -1.02. The van der Waals surface area contributed by atoms with Crippen molar-refractivity contribution in [2.75, 3.05) is 59.0 Å². The fourth-order valence-corrected chi connectivity index (χ4v) is 5.65. The fraction of sp³-hybridized carbons (Fsp3) is 0.684. The number of piperazine rings is 1. The van der Waals surface area contributed by atoms with Crippen molar-refractivity contribution >= 4 is 10.0 Å². The van der Waals surface area contributed by atoms with Gasteiger partial charge in [-0.3, -0.25) is 0 Å². The third-order valence-electron chi connectivity index (χ3n) is 5.48. The molecule has 28 heavy (non-hydrogen) atoms. The molecule has 2 fully saturated rings. The molecule has 2 aliphatic rings. The molecular formula is C19H31F2N3O3S+2. The van der Waals surface area contributed by atoms with Crippen LogP contribution in [0.4, 0.5) is 8.78 Å². The number of benzene rings is 1. The van der Waals surface area contributed by atoms with Gasteiger partial charge in [-0.25, -0.2) is 17.2 Å². The molecular weight excluding hydrogens is 388 g/mol. The summed E-state index contributed by atoms with van der Waals surface area (Å²) in [6.07, 6.45) is 0.182. The number of halogens is 2. The van der Waals surface area contributed by atoms with Gasteiger partial charge in [0, 0.05) is 5.92 Å². The monoisotopic (exact) mass is 419 g/mol. The van der Waals surface area contributed by atoms with Gasteiger partial charge in [0.05, 0.1) is 39.3 Å². The van der Waals surface area contributed by atoms with E-state index in [2.05, 4.69) is 13.8 Å². The van der Waals surface area contributed by atoms with E-state index in [0.29, 0.717) is 32.1 Å². The predicted octanol–water partition coefficient (Wildman–Crippen LogP) is -1.21. The quantitative estimate of drug-likeness (QED) is 0.609. The van der Waals surface area contributed by atoms with Gasteiger partial charge in [0.2, 0.25) is 10.0 Å². The maximum Gasteiger partial charge on any atom is 0.246 e. The van der Waals surface area contributed by atoms with Gasteiger partial charge in [0.15, 0.2) is 6.10 Å². The third-order valence-corrected chi connectivity index (χ3v) is 7.39. The summed E-state index contributed by atoms with van der Waals surface area (Å²) >= 11 is 0. The van der Waals surface area contributed by atoms with Crippen LogP contribution in [0.25, 0.3) is 0 Å². The van der Waals surface area contributed by atoms with Gasteiger partial charge in [-0.1, -0.05) is 13.8 Å². The maximum absolute atomic E-state index is 13.9. The Hall–Kier alpha value is -1.13. The van der Waals surface area contributed by atoms with E-state index in [9.17, 15) is 17.2 Å². The normalized spacial score (nSPS) is 25.3. The fourth-order valence-electron chi connectivity index (χ4n) is 4.13. The van der Waals surface area contributed by atoms with E-state index in [4.69, 9.17) is 4.74 Å². The Morgan fingerprint density at radius 2 is 1.89 bits per heavy atom. The number of nitrogens with one attached hydrogen (secondary N) is 2. The van der Waals surface area contributed by atoms with Gasteiger partial charge in [-0.2, -0.15) is 4.31 Å². The highest BCUT2D eigenvalue weighted by molar-refractivity contribution is 7.89. The minimum atomic E-state index is -4.02. The van der Waals surface area contributed by atoms with Crippen LogP contribution >= 0.6 is 0 Å². The SMILES string of the molecule is CC(C)C[NH+]1CCO[C@@H](C[NH+]2CCN(S(=O)(=O)c3cc(F)ccc3F)CC2)C1. The predicted molar refractivity (Wildman–Crippen MR) is 101 cm³/mol. The molecule has 0 amide bonds. The molecule has 0 aromatic heterocycles. The second kappa shape index (κ2) is 9.13. The van der Waals surface area contributed by atoms with E-state index in [1.165, 1.54) is 9.21 Å². The van der Waals surface area contributed by atoms with Crippen LogP contribution < -0.4 is 9.80 Å². The van der Waals surface area contributed by atoms with E-state index in [0.717, 1.165) is 51.0 Å². The molecule has 158 valence electrons. The molecule has 3 rings (SSSR count). The first-order valence-electron chi connectivity index (χ1n) is 9.99. The second-order valence-electron chi connectivity index (χ2n) is 8.23. The van der Waals surface area contributed by atoms with Crippen LogP contribution in [-0.4, -0.2) is 77.8 Å². The van der Waals surface area contributed by atoms with Crippen LogP contribution in [-0.2, 0) is 14.8 Å². The summed E-state index contributed by atoms with van der Waals surface area (Å²) in [5.41, 5.74) is 0. The number of rotatable bonds is 6. The van der Waals surface area contributed by atoms with Gasteiger partial charge >= 0.3 is 0 Å². The first-order chi connectivity index (χ1) is 13.3. The summed E-state index contributed by atoms with van der Waals surface area (Å²) in [6.45, 7) is 11.1. The maximum atomic E-state index is 13.9. The van der Waals surface area contributed by atoms with Gasteiger partial charge in [-0.05, 0) is 18.2 Å². The highest BCUT2D eigenvalue weighted by atomic mass is 32.2. The zero-order chi connectivity index (χ0) is 20.3. The smallest absolute Gasteiger partial charge is 0.246 e. The van der Waals surface area contributed by atoms with E-state index in [1.54, 1.807) is 4.90 Å². The standard InChI is InChI=1S/C19H29F2N3O3S/c1-15(2)12-23-9-10-27-17(14-23)13-22-5-7-24(8-6-22)28(25,26)19-11-16(20)3-4-18(19)21/h3-4,11,15,17H,5-10,12-14H2,1-2H3/p+2/t17-/m0/s1. The van der Waals surface area contributed by atoms with Gasteiger partial charge in [0.1, 0.15) is 36.2 Å². The molecule has 1 aromatic carbocycles. The average molecular weight is 420 g/mol. The number of morpholine rings is 1. The van der Waals surface area contributed by atoms with Crippen LogP contribution in [0.5, 0.6) is 0 Å². The minimum Gasteiger partial charge on any atom is -0.361 e. The summed E-state index contributed by atoms with van der Waals surface area (Å²) in [6, 6.07) is 2.53. The number of nitrogens with zero attached hydrogens (tertiary/aromatic N) is 1. The number of hydrogen-bond donors (Lipinski definition) is 2. The van der Waals surface area contributed by atoms with E-state index >= 15 is 0 Å². The largest absolute Gasteiger partial charge is 0.361 e. The Morgan fingerprint density at radius 3 is 2.57 bits per heavy atom. The molecule has 1 aromatic rings. The molecule has 2 saturated heterocycles. The third kappa shape index (κ3) is 5.27. The lowest BCUT2D eigenvalue weighted by Gasteiger charge is -2.36. The lowest BCUT2D eigenvalue weighted by atomic mass is 10.1. The molecule has 6 nitrogen and oxygen atoms in total. The van der Waals surface area contributed by atoms with Crippen molar-refractivity contribution in [2.24, 2.45) is 5.92 Å². The van der Waals surface area contributed by atoms with Gasteiger partial charge in [-0.15, -0.1) is 0 Å². The molecule has 0 spiro atoms. The first kappa shape index (κ1) is 21.6. The zero-order valence-electron chi connectivity index (χ0n) is 16.6. The highest BCUT2D eigenvalue weighted by Crippen LogP contribution is 2.20. The average Bonchev–Trinajstić information content (AvgIpc) is 2.64. The Morgan fingerprint density at radius 1 is 1.18 bits per heavy atom. The van der Waals surface area contributed by atoms with Crippen molar-refractivity contribution in [2.45, 2.75) is 24.8 Å². The van der Waals surface area contributed by atoms with Gasteiger partial charge in [0.25, 0.3) is 0 Å². The van der Waals surface area contributed by atoms with E-state index in [-0.39, 0.29) is 6.10 Å². The van der Waals surface area contributed by atoms with Crippen molar-refractivity contribution < 1.29 is 31.7 Å². The minimum absolute atomic E-state index is 0.182. The molecule has 0 saturated carbocycles. The molecule has 0 bridgehead atoms. The van der Waals surface area contributed by atoms with Crippen LogP contribution in [0, 0.1) is 17.6 Å². The lowest BCUT2D eigenvalue weighted by Crippen LogP contribution is -3.19. The molecule has 0 aliphatic carbocycles. The van der Waals surface area contributed by atoms with Crippen molar-refractivity contribution in [3.8, 4) is 0 Å². The van der Waals surface area contributed by atoms with E-state index < -0.39 is 26.6 Å². The Labute approximate surface area is 166 Å². The second-order valence-corrected chi connectivity index (χ2v) is 10.1. The van der Waals surface area contributed by atoms with E-state index in [1.807, 2.05) is 0 Å². The highest BCUT2D eigenvalue weighted by Gasteiger charge is 2.35. The summed E-state index contributed by atoms with van der Waals surface area (Å²) in [7, 11) is -4.02. The van der Waals surface area contributed by atoms with Crippen molar-refractivity contribution in [3.05, 3.63) is 29.8 Å². The van der Waals surface area contributed by atoms with Crippen LogP contribution in [0.2, 0.25) is 0 Å². The Kier molecular flexibility index (Phi) is 7.03. The molecule has 9 heteroatoms.